The summed E-state index contributed by atoms with van der Waals surface area (Å²) in [6.45, 7) is 1.23. The maximum Gasteiger partial charge on any atom is 0.321 e. The van der Waals surface area contributed by atoms with Crippen LogP contribution in [-0.2, 0) is 6.42 Å². The van der Waals surface area contributed by atoms with Crippen LogP contribution in [0.15, 0.2) is 48.5 Å². The Morgan fingerprint density at radius 3 is 2.75 bits per heavy atom. The first-order chi connectivity index (χ1) is 11.7. The molecule has 24 heavy (non-hydrogen) atoms. The number of benzene rings is 2. The van der Waals surface area contributed by atoms with Crippen molar-refractivity contribution in [1.82, 2.24) is 5.32 Å². The molecule has 5 heteroatoms. The average Bonchev–Trinajstić information content (AvgIpc) is 3.05. The Kier molecular flexibility index (Phi) is 5.38. The Morgan fingerprint density at radius 2 is 2.00 bits per heavy atom. The van der Waals surface area contributed by atoms with E-state index in [0.29, 0.717) is 24.5 Å². The third-order valence-corrected chi connectivity index (χ3v) is 4.82. The van der Waals surface area contributed by atoms with Crippen molar-refractivity contribution in [2.45, 2.75) is 18.8 Å². The number of fused-ring (bicyclic) bond motifs is 1. The summed E-state index contributed by atoms with van der Waals surface area (Å²) in [7, 11) is 0. The molecule has 1 unspecified atom stereocenters. The third kappa shape index (κ3) is 3.55. The highest BCUT2D eigenvalue weighted by Gasteiger charge is 2.26. The van der Waals surface area contributed by atoms with Crippen LogP contribution >= 0.6 is 11.6 Å². The van der Waals surface area contributed by atoms with Crippen LogP contribution in [0.1, 0.15) is 23.5 Å². The number of rotatable bonds is 5. The number of nitrogens with one attached hydrogen (secondary N) is 1. The Balaban J connectivity index is 1.66. The normalized spacial score (nSPS) is 14.3. The lowest BCUT2D eigenvalue weighted by Gasteiger charge is -2.22. The van der Waals surface area contributed by atoms with Crippen molar-refractivity contribution in [3.05, 3.63) is 64.7 Å². The van der Waals surface area contributed by atoms with Gasteiger partial charge in [0.25, 0.3) is 0 Å². The lowest BCUT2D eigenvalue weighted by Crippen LogP contribution is -2.40. The van der Waals surface area contributed by atoms with Crippen LogP contribution in [0.2, 0.25) is 5.02 Å². The molecule has 0 spiro atoms. The molecule has 0 saturated heterocycles. The molecule has 1 aliphatic rings. The number of aliphatic hydroxyl groups excluding tert-OH is 1. The molecular weight excluding hydrogens is 324 g/mol. The van der Waals surface area contributed by atoms with Crippen LogP contribution in [0.25, 0.3) is 0 Å². The summed E-state index contributed by atoms with van der Waals surface area (Å²) >= 11 is 6.20. The molecule has 0 radical (unpaired) electrons. The number of halogens is 1. The maximum absolute atomic E-state index is 12.6. The maximum atomic E-state index is 12.6. The Bertz CT molecular complexity index is 706. The molecule has 0 fully saturated rings. The largest absolute Gasteiger partial charge is 0.396 e. The predicted molar refractivity (Wildman–Crippen MR) is 96.8 cm³/mol. The van der Waals surface area contributed by atoms with Crippen molar-refractivity contribution in [3.63, 3.8) is 0 Å². The lowest BCUT2D eigenvalue weighted by atomic mass is 9.96. The highest BCUT2D eigenvalue weighted by Crippen LogP contribution is 2.33. The van der Waals surface area contributed by atoms with Gasteiger partial charge in [0.1, 0.15) is 0 Å². The Morgan fingerprint density at radius 1 is 1.21 bits per heavy atom. The standard InChI is InChI=1S/C19H21ClN2O2/c20-17-7-4-8-18-16(17)9-11-22(18)19(24)21-13-15(10-12-23)14-5-2-1-3-6-14/h1-8,15,23H,9-13H2,(H,21,24). The van der Waals surface area contributed by atoms with Crippen molar-refractivity contribution >= 4 is 23.3 Å². The number of anilines is 1. The summed E-state index contributed by atoms with van der Waals surface area (Å²) in [5, 5.41) is 13.0. The summed E-state index contributed by atoms with van der Waals surface area (Å²) in [4.78, 5) is 14.3. The zero-order valence-electron chi connectivity index (χ0n) is 13.4. The van der Waals surface area contributed by atoms with E-state index in [1.54, 1.807) is 4.90 Å². The average molecular weight is 345 g/mol. The van der Waals surface area contributed by atoms with Gasteiger partial charge in [-0.2, -0.15) is 0 Å². The lowest BCUT2D eigenvalue weighted by molar-refractivity contribution is 0.243. The molecule has 0 bridgehead atoms. The fourth-order valence-corrected chi connectivity index (χ4v) is 3.44. The SMILES string of the molecule is O=C(NCC(CCO)c1ccccc1)N1CCc2c(Cl)cccc21. The van der Waals surface area contributed by atoms with Crippen LogP contribution in [-0.4, -0.2) is 30.8 Å². The van der Waals surface area contributed by atoms with Crippen molar-refractivity contribution < 1.29 is 9.90 Å². The molecular formula is C19H21ClN2O2. The minimum absolute atomic E-state index is 0.0948. The summed E-state index contributed by atoms with van der Waals surface area (Å²) in [6.07, 6.45) is 1.40. The van der Waals surface area contributed by atoms with E-state index in [-0.39, 0.29) is 18.6 Å². The van der Waals surface area contributed by atoms with Crippen LogP contribution in [0.3, 0.4) is 0 Å². The first-order valence-corrected chi connectivity index (χ1v) is 8.57. The highest BCUT2D eigenvalue weighted by molar-refractivity contribution is 6.32. The second-order valence-corrected chi connectivity index (χ2v) is 6.35. The van der Waals surface area contributed by atoms with E-state index in [4.69, 9.17) is 11.6 Å². The zero-order valence-corrected chi connectivity index (χ0v) is 14.2. The van der Waals surface area contributed by atoms with Crippen molar-refractivity contribution in [2.75, 3.05) is 24.6 Å². The highest BCUT2D eigenvalue weighted by atomic mass is 35.5. The van der Waals surface area contributed by atoms with Gasteiger partial charge in [-0.15, -0.1) is 0 Å². The zero-order chi connectivity index (χ0) is 16.9. The third-order valence-electron chi connectivity index (χ3n) is 4.46. The van der Waals surface area contributed by atoms with E-state index in [9.17, 15) is 9.90 Å². The first-order valence-electron chi connectivity index (χ1n) is 8.19. The van der Waals surface area contributed by atoms with Gasteiger partial charge in [-0.05, 0) is 36.1 Å². The molecule has 2 aromatic rings. The first kappa shape index (κ1) is 16.8. The number of carbonyl (C=O) groups is 1. The van der Waals surface area contributed by atoms with E-state index in [0.717, 1.165) is 23.2 Å². The number of carbonyl (C=O) groups excluding carboxylic acids is 1. The van der Waals surface area contributed by atoms with Gasteiger partial charge >= 0.3 is 6.03 Å². The molecule has 2 N–H and O–H groups in total. The summed E-state index contributed by atoms with van der Waals surface area (Å²) in [5.74, 6) is 0.0987. The molecule has 1 atom stereocenters. The van der Waals surface area contributed by atoms with Gasteiger partial charge in [0.15, 0.2) is 0 Å². The van der Waals surface area contributed by atoms with Crippen molar-refractivity contribution in [1.29, 1.82) is 0 Å². The monoisotopic (exact) mass is 344 g/mol. The number of amides is 2. The van der Waals surface area contributed by atoms with Gasteiger partial charge in [0.05, 0.1) is 5.69 Å². The molecule has 0 aliphatic carbocycles. The van der Waals surface area contributed by atoms with Crippen LogP contribution in [0, 0.1) is 0 Å². The molecule has 0 saturated carbocycles. The smallest absolute Gasteiger partial charge is 0.321 e. The van der Waals surface area contributed by atoms with E-state index < -0.39 is 0 Å². The van der Waals surface area contributed by atoms with Crippen molar-refractivity contribution in [3.8, 4) is 0 Å². The fourth-order valence-electron chi connectivity index (χ4n) is 3.18. The molecule has 126 valence electrons. The molecule has 2 amide bonds. The number of aliphatic hydroxyl groups is 1. The molecule has 4 nitrogen and oxygen atoms in total. The predicted octanol–water partition coefficient (Wildman–Crippen LogP) is 3.58. The fraction of sp³-hybridized carbons (Fsp3) is 0.316. The quantitative estimate of drug-likeness (QED) is 0.871. The second-order valence-electron chi connectivity index (χ2n) is 5.95. The molecule has 1 aliphatic heterocycles. The van der Waals surface area contributed by atoms with Crippen molar-refractivity contribution in [2.24, 2.45) is 0 Å². The number of urea groups is 1. The van der Waals surface area contributed by atoms with E-state index in [1.807, 2.05) is 48.5 Å². The molecule has 1 heterocycles. The van der Waals surface area contributed by atoms with Gasteiger partial charge < -0.3 is 10.4 Å². The number of hydrogen-bond donors (Lipinski definition) is 2. The number of hydrogen-bond acceptors (Lipinski definition) is 2. The second kappa shape index (κ2) is 7.69. The minimum atomic E-state index is -0.116. The molecule has 0 aromatic heterocycles. The summed E-state index contributed by atoms with van der Waals surface area (Å²) in [5.41, 5.74) is 3.04. The van der Waals surface area contributed by atoms with Gasteiger partial charge in [-0.3, -0.25) is 4.90 Å². The van der Waals surface area contributed by atoms with Crippen LogP contribution in [0.5, 0.6) is 0 Å². The van der Waals surface area contributed by atoms with E-state index in [1.165, 1.54) is 0 Å². The van der Waals surface area contributed by atoms with E-state index >= 15 is 0 Å². The minimum Gasteiger partial charge on any atom is -0.396 e. The van der Waals surface area contributed by atoms with Gasteiger partial charge in [-0.1, -0.05) is 48.0 Å². The topological polar surface area (TPSA) is 52.6 Å². The van der Waals surface area contributed by atoms with E-state index in [2.05, 4.69) is 5.32 Å². The Hall–Kier alpha value is -2.04. The molecule has 3 rings (SSSR count). The van der Waals surface area contributed by atoms with Gasteiger partial charge in [-0.25, -0.2) is 4.79 Å². The number of nitrogens with zero attached hydrogens (tertiary/aromatic N) is 1. The van der Waals surface area contributed by atoms with Gasteiger partial charge in [0.2, 0.25) is 0 Å². The van der Waals surface area contributed by atoms with Crippen LogP contribution < -0.4 is 10.2 Å². The summed E-state index contributed by atoms with van der Waals surface area (Å²) in [6, 6.07) is 15.5. The summed E-state index contributed by atoms with van der Waals surface area (Å²) < 4.78 is 0. The van der Waals surface area contributed by atoms with Gasteiger partial charge in [0, 0.05) is 30.6 Å². The van der Waals surface area contributed by atoms with Crippen LogP contribution in [0.4, 0.5) is 10.5 Å². The Labute approximate surface area is 147 Å². The molecule has 2 aromatic carbocycles.